The lowest BCUT2D eigenvalue weighted by atomic mass is 10.2. The Hall–Kier alpha value is -3.07. The minimum atomic E-state index is -0.538. The number of nitriles is 1. The highest BCUT2D eigenvalue weighted by atomic mass is 16.6. The number of anilines is 1. The third kappa shape index (κ3) is 2.61. The Bertz CT molecular complexity index is 677. The standard InChI is InChI=1S/C13H9N3O3/c14-8-9-3-1-2-4-12(9)19-13-6-5-10(16(17)18)7-11(13)15/h1-7H,15H2. The van der Waals surface area contributed by atoms with Gasteiger partial charge in [-0.3, -0.25) is 10.1 Å². The van der Waals surface area contributed by atoms with Crippen molar-refractivity contribution in [2.24, 2.45) is 0 Å². The van der Waals surface area contributed by atoms with E-state index in [0.717, 1.165) is 0 Å². The molecule has 0 saturated carbocycles. The van der Waals surface area contributed by atoms with E-state index in [9.17, 15) is 10.1 Å². The molecular weight excluding hydrogens is 246 g/mol. The molecule has 2 aromatic carbocycles. The fourth-order valence-electron chi connectivity index (χ4n) is 1.51. The van der Waals surface area contributed by atoms with Crippen molar-refractivity contribution in [3.05, 3.63) is 58.1 Å². The number of ether oxygens (including phenoxy) is 1. The van der Waals surface area contributed by atoms with E-state index >= 15 is 0 Å². The van der Waals surface area contributed by atoms with Gasteiger partial charge in [0.15, 0.2) is 5.75 Å². The number of nitro benzene ring substituents is 1. The molecule has 0 fully saturated rings. The van der Waals surface area contributed by atoms with Crippen LogP contribution in [0.2, 0.25) is 0 Å². The van der Waals surface area contributed by atoms with Gasteiger partial charge in [0.05, 0.1) is 16.2 Å². The molecule has 0 spiro atoms. The van der Waals surface area contributed by atoms with Gasteiger partial charge in [0, 0.05) is 12.1 Å². The molecule has 0 amide bonds. The van der Waals surface area contributed by atoms with Crippen LogP contribution in [0.3, 0.4) is 0 Å². The van der Waals surface area contributed by atoms with Gasteiger partial charge >= 0.3 is 0 Å². The molecule has 2 aromatic rings. The van der Waals surface area contributed by atoms with Crippen molar-refractivity contribution in [3.63, 3.8) is 0 Å². The van der Waals surface area contributed by atoms with Crippen molar-refractivity contribution >= 4 is 11.4 Å². The molecule has 6 nitrogen and oxygen atoms in total. The zero-order valence-electron chi connectivity index (χ0n) is 9.74. The Morgan fingerprint density at radius 3 is 2.58 bits per heavy atom. The summed E-state index contributed by atoms with van der Waals surface area (Å²) < 4.78 is 5.50. The van der Waals surface area contributed by atoms with Crippen LogP contribution in [0.15, 0.2) is 42.5 Å². The summed E-state index contributed by atoms with van der Waals surface area (Å²) in [5.41, 5.74) is 6.08. The second-order valence-corrected chi connectivity index (χ2v) is 3.69. The molecule has 0 aliphatic carbocycles. The molecule has 2 N–H and O–H groups in total. The van der Waals surface area contributed by atoms with E-state index < -0.39 is 4.92 Å². The monoisotopic (exact) mass is 255 g/mol. The number of rotatable bonds is 3. The third-order valence-electron chi connectivity index (χ3n) is 2.43. The molecule has 0 radical (unpaired) electrons. The predicted octanol–water partition coefficient (Wildman–Crippen LogP) is 2.84. The summed E-state index contributed by atoms with van der Waals surface area (Å²) in [4.78, 5) is 10.1. The smallest absolute Gasteiger partial charge is 0.271 e. The van der Waals surface area contributed by atoms with Crippen LogP contribution in [0.25, 0.3) is 0 Å². The van der Waals surface area contributed by atoms with Crippen LogP contribution in [-0.2, 0) is 0 Å². The maximum atomic E-state index is 10.6. The normalized spacial score (nSPS) is 9.63. The van der Waals surface area contributed by atoms with Crippen LogP contribution >= 0.6 is 0 Å². The summed E-state index contributed by atoms with van der Waals surface area (Å²) in [6.45, 7) is 0. The fraction of sp³-hybridized carbons (Fsp3) is 0. The molecule has 0 atom stereocenters. The summed E-state index contributed by atoms with van der Waals surface area (Å²) in [6, 6.07) is 12.6. The first-order valence-corrected chi connectivity index (χ1v) is 5.32. The van der Waals surface area contributed by atoms with Crippen LogP contribution < -0.4 is 10.5 Å². The molecule has 0 saturated heterocycles. The largest absolute Gasteiger partial charge is 0.454 e. The zero-order chi connectivity index (χ0) is 13.8. The first-order valence-electron chi connectivity index (χ1n) is 5.32. The highest BCUT2D eigenvalue weighted by Crippen LogP contribution is 2.31. The molecule has 0 unspecified atom stereocenters. The molecule has 6 heteroatoms. The first kappa shape index (κ1) is 12.4. The SMILES string of the molecule is N#Cc1ccccc1Oc1ccc([N+](=O)[O-])cc1N. The summed E-state index contributed by atoms with van der Waals surface area (Å²) in [5.74, 6) is 0.624. The van der Waals surface area contributed by atoms with Crippen LogP contribution in [0, 0.1) is 21.4 Å². The number of nitrogen functional groups attached to an aromatic ring is 1. The second kappa shape index (κ2) is 5.06. The van der Waals surface area contributed by atoms with Crippen molar-refractivity contribution in [1.29, 1.82) is 5.26 Å². The number of nitrogens with zero attached hydrogens (tertiary/aromatic N) is 2. The Morgan fingerprint density at radius 2 is 1.95 bits per heavy atom. The number of benzene rings is 2. The third-order valence-corrected chi connectivity index (χ3v) is 2.43. The summed E-state index contributed by atoms with van der Waals surface area (Å²) in [7, 11) is 0. The van der Waals surface area contributed by atoms with Gasteiger partial charge in [-0.15, -0.1) is 0 Å². The number of hydrogen-bond acceptors (Lipinski definition) is 5. The first-order chi connectivity index (χ1) is 9.11. The summed E-state index contributed by atoms with van der Waals surface area (Å²) >= 11 is 0. The predicted molar refractivity (Wildman–Crippen MR) is 68.7 cm³/mol. The minimum absolute atomic E-state index is 0.113. The van der Waals surface area contributed by atoms with E-state index in [0.29, 0.717) is 11.3 Å². The van der Waals surface area contributed by atoms with Crippen molar-refractivity contribution in [2.45, 2.75) is 0 Å². The fourth-order valence-corrected chi connectivity index (χ4v) is 1.51. The highest BCUT2D eigenvalue weighted by molar-refractivity contribution is 5.60. The topological polar surface area (TPSA) is 102 Å². The highest BCUT2D eigenvalue weighted by Gasteiger charge is 2.11. The molecule has 2 rings (SSSR count). The average molecular weight is 255 g/mol. The van der Waals surface area contributed by atoms with E-state index in [-0.39, 0.29) is 17.1 Å². The quantitative estimate of drug-likeness (QED) is 0.516. The van der Waals surface area contributed by atoms with Gasteiger partial charge in [-0.05, 0) is 18.2 Å². The lowest BCUT2D eigenvalue weighted by Crippen LogP contribution is -1.96. The number of non-ortho nitro benzene ring substituents is 1. The number of hydrogen-bond donors (Lipinski definition) is 1. The van der Waals surface area contributed by atoms with Gasteiger partial charge in [0.25, 0.3) is 5.69 Å². The van der Waals surface area contributed by atoms with E-state index in [1.54, 1.807) is 24.3 Å². The molecule has 0 bridgehead atoms. The second-order valence-electron chi connectivity index (χ2n) is 3.69. The van der Waals surface area contributed by atoms with E-state index in [1.165, 1.54) is 18.2 Å². The number of para-hydroxylation sites is 1. The van der Waals surface area contributed by atoms with Gasteiger partial charge in [0.2, 0.25) is 0 Å². The van der Waals surface area contributed by atoms with Crippen LogP contribution in [0.1, 0.15) is 5.56 Å². The lowest BCUT2D eigenvalue weighted by Gasteiger charge is -2.09. The average Bonchev–Trinajstić information content (AvgIpc) is 2.41. The summed E-state index contributed by atoms with van der Waals surface area (Å²) in [6.07, 6.45) is 0. The molecule has 0 heterocycles. The van der Waals surface area contributed by atoms with Gasteiger partial charge in [0.1, 0.15) is 11.8 Å². The molecule has 0 aliphatic heterocycles. The van der Waals surface area contributed by atoms with Crippen LogP contribution in [0.5, 0.6) is 11.5 Å². The Labute approximate surface area is 108 Å². The Balaban J connectivity index is 2.34. The summed E-state index contributed by atoms with van der Waals surface area (Å²) in [5, 5.41) is 19.5. The zero-order valence-corrected chi connectivity index (χ0v) is 9.74. The van der Waals surface area contributed by atoms with Gasteiger partial charge in [-0.2, -0.15) is 5.26 Å². The van der Waals surface area contributed by atoms with Crippen LogP contribution in [0.4, 0.5) is 11.4 Å². The van der Waals surface area contributed by atoms with Crippen molar-refractivity contribution < 1.29 is 9.66 Å². The molecular formula is C13H9N3O3. The van der Waals surface area contributed by atoms with Gasteiger partial charge in [-0.1, -0.05) is 12.1 Å². The Morgan fingerprint density at radius 1 is 1.21 bits per heavy atom. The maximum absolute atomic E-state index is 10.6. The van der Waals surface area contributed by atoms with Crippen LogP contribution in [-0.4, -0.2) is 4.92 Å². The van der Waals surface area contributed by atoms with E-state index in [4.69, 9.17) is 15.7 Å². The maximum Gasteiger partial charge on any atom is 0.271 e. The molecule has 19 heavy (non-hydrogen) atoms. The molecule has 0 aromatic heterocycles. The number of nitrogens with two attached hydrogens (primary N) is 1. The van der Waals surface area contributed by atoms with E-state index in [2.05, 4.69) is 0 Å². The van der Waals surface area contributed by atoms with Crippen molar-refractivity contribution in [2.75, 3.05) is 5.73 Å². The number of nitro groups is 1. The van der Waals surface area contributed by atoms with Gasteiger partial charge in [-0.25, -0.2) is 0 Å². The lowest BCUT2D eigenvalue weighted by molar-refractivity contribution is -0.384. The van der Waals surface area contributed by atoms with E-state index in [1.807, 2.05) is 6.07 Å². The molecule has 94 valence electrons. The minimum Gasteiger partial charge on any atom is -0.454 e. The van der Waals surface area contributed by atoms with Crippen molar-refractivity contribution in [3.8, 4) is 17.6 Å². The van der Waals surface area contributed by atoms with Crippen molar-refractivity contribution in [1.82, 2.24) is 0 Å². The van der Waals surface area contributed by atoms with Gasteiger partial charge < -0.3 is 10.5 Å². The Kier molecular flexibility index (Phi) is 3.30. The molecule has 0 aliphatic rings.